The molecule has 0 aromatic heterocycles. The maximum atomic E-state index is 9.05. The van der Waals surface area contributed by atoms with Gasteiger partial charge >= 0.3 is 0 Å². The Balaban J connectivity index is 2.41. The first-order chi connectivity index (χ1) is 10.5. The van der Waals surface area contributed by atoms with Gasteiger partial charge in [-0.25, -0.2) is 0 Å². The molecule has 0 heterocycles. The number of nitriles is 1. The van der Waals surface area contributed by atoms with Crippen LogP contribution in [0.5, 0.6) is 11.5 Å². The molecule has 22 heavy (non-hydrogen) atoms. The highest BCUT2D eigenvalue weighted by Gasteiger charge is 2.08. The van der Waals surface area contributed by atoms with Gasteiger partial charge in [0, 0.05) is 10.6 Å². The average Bonchev–Trinajstić information content (AvgIpc) is 2.48. The molecular formula is C16H10Cl2N2OS. The summed E-state index contributed by atoms with van der Waals surface area (Å²) < 4.78 is 5.79. The van der Waals surface area contributed by atoms with Crippen molar-refractivity contribution in [2.45, 2.75) is 0 Å². The van der Waals surface area contributed by atoms with Gasteiger partial charge in [-0.15, -0.1) is 0 Å². The van der Waals surface area contributed by atoms with Crippen LogP contribution in [0, 0.1) is 11.3 Å². The van der Waals surface area contributed by atoms with Crippen LogP contribution in [0.4, 0.5) is 0 Å². The van der Waals surface area contributed by atoms with Crippen LogP contribution in [0.25, 0.3) is 6.08 Å². The van der Waals surface area contributed by atoms with E-state index in [0.717, 1.165) is 0 Å². The molecule has 2 aromatic carbocycles. The van der Waals surface area contributed by atoms with Crippen molar-refractivity contribution in [3.05, 3.63) is 63.6 Å². The fourth-order valence-electron chi connectivity index (χ4n) is 1.68. The Morgan fingerprint density at radius 3 is 2.55 bits per heavy atom. The molecule has 0 aliphatic rings. The number of rotatable bonds is 4. The van der Waals surface area contributed by atoms with E-state index in [1.165, 1.54) is 0 Å². The summed E-state index contributed by atoms with van der Waals surface area (Å²) in [6.45, 7) is 0. The van der Waals surface area contributed by atoms with Gasteiger partial charge in [-0.1, -0.05) is 53.6 Å². The van der Waals surface area contributed by atoms with Gasteiger partial charge in [0.25, 0.3) is 0 Å². The molecule has 0 unspecified atom stereocenters. The molecular weight excluding hydrogens is 339 g/mol. The Bertz CT molecular complexity index is 797. The monoisotopic (exact) mass is 348 g/mol. The van der Waals surface area contributed by atoms with Crippen LogP contribution in [0.2, 0.25) is 10.0 Å². The number of halogens is 2. The number of ether oxygens (including phenoxy) is 1. The molecule has 0 amide bonds. The van der Waals surface area contributed by atoms with Crippen molar-refractivity contribution in [1.82, 2.24) is 0 Å². The van der Waals surface area contributed by atoms with Crippen LogP contribution in [0.15, 0.2) is 48.0 Å². The predicted molar refractivity (Wildman–Crippen MR) is 93.4 cm³/mol. The summed E-state index contributed by atoms with van der Waals surface area (Å²) in [5.74, 6) is 0.983. The van der Waals surface area contributed by atoms with Crippen molar-refractivity contribution in [2.24, 2.45) is 5.73 Å². The smallest absolute Gasteiger partial charge is 0.146 e. The van der Waals surface area contributed by atoms with Gasteiger partial charge in [-0.3, -0.25) is 0 Å². The number of thiocarbonyl (C=S) groups is 1. The maximum absolute atomic E-state index is 9.05. The molecule has 0 bridgehead atoms. The lowest BCUT2D eigenvalue weighted by Crippen LogP contribution is -2.09. The summed E-state index contributed by atoms with van der Waals surface area (Å²) in [5.41, 5.74) is 6.37. The van der Waals surface area contributed by atoms with E-state index in [-0.39, 0.29) is 10.6 Å². The van der Waals surface area contributed by atoms with Crippen molar-refractivity contribution < 1.29 is 4.74 Å². The van der Waals surface area contributed by atoms with Gasteiger partial charge in [-0.05, 0) is 30.3 Å². The second kappa shape index (κ2) is 7.28. The summed E-state index contributed by atoms with van der Waals surface area (Å²) in [6.07, 6.45) is 1.57. The van der Waals surface area contributed by atoms with E-state index in [9.17, 15) is 0 Å². The fourth-order valence-corrected chi connectivity index (χ4v) is 2.23. The number of hydrogen-bond acceptors (Lipinski definition) is 3. The quantitative estimate of drug-likeness (QED) is 0.480. The summed E-state index contributed by atoms with van der Waals surface area (Å²) in [4.78, 5) is 0.0295. The number of hydrogen-bond donors (Lipinski definition) is 1. The normalized spacial score (nSPS) is 10.9. The lowest BCUT2D eigenvalue weighted by atomic mass is 10.1. The third-order valence-corrected chi connectivity index (χ3v) is 3.47. The molecule has 0 saturated carbocycles. The highest BCUT2D eigenvalue weighted by molar-refractivity contribution is 7.80. The zero-order chi connectivity index (χ0) is 16.1. The van der Waals surface area contributed by atoms with Crippen LogP contribution in [-0.4, -0.2) is 4.99 Å². The fraction of sp³-hybridized carbons (Fsp3) is 0. The Labute approximate surface area is 143 Å². The van der Waals surface area contributed by atoms with Crippen molar-refractivity contribution in [2.75, 3.05) is 0 Å². The van der Waals surface area contributed by atoms with Gasteiger partial charge in [-0.2, -0.15) is 5.26 Å². The number of nitrogens with two attached hydrogens (primary N) is 1. The summed E-state index contributed by atoms with van der Waals surface area (Å²) in [7, 11) is 0. The van der Waals surface area contributed by atoms with Crippen molar-refractivity contribution >= 4 is 46.5 Å². The van der Waals surface area contributed by atoms with Gasteiger partial charge < -0.3 is 10.5 Å². The average molecular weight is 349 g/mol. The second-order valence-electron chi connectivity index (χ2n) is 4.25. The Hall–Kier alpha value is -2.06. The zero-order valence-electron chi connectivity index (χ0n) is 11.2. The minimum absolute atomic E-state index is 0.0295. The highest BCUT2D eigenvalue weighted by atomic mass is 35.5. The second-order valence-corrected chi connectivity index (χ2v) is 5.53. The van der Waals surface area contributed by atoms with Crippen molar-refractivity contribution in [1.29, 1.82) is 5.26 Å². The van der Waals surface area contributed by atoms with Gasteiger partial charge in [0.2, 0.25) is 0 Å². The highest BCUT2D eigenvalue weighted by Crippen LogP contribution is 2.33. The van der Waals surface area contributed by atoms with E-state index in [2.05, 4.69) is 0 Å². The first kappa shape index (κ1) is 16.3. The molecule has 6 heteroatoms. The summed E-state index contributed by atoms with van der Waals surface area (Å²) in [5, 5.41) is 9.96. The van der Waals surface area contributed by atoms with E-state index in [1.807, 2.05) is 18.2 Å². The van der Waals surface area contributed by atoms with E-state index in [1.54, 1.807) is 36.4 Å². The van der Waals surface area contributed by atoms with Crippen molar-refractivity contribution in [3.63, 3.8) is 0 Å². The number of benzene rings is 2. The lowest BCUT2D eigenvalue weighted by molar-refractivity contribution is 0.482. The Morgan fingerprint density at radius 2 is 1.91 bits per heavy atom. The predicted octanol–water partition coefficient (Wildman–Crippen LogP) is 4.98. The Morgan fingerprint density at radius 1 is 1.18 bits per heavy atom. The zero-order valence-corrected chi connectivity index (χ0v) is 13.5. The first-order valence-corrected chi connectivity index (χ1v) is 7.31. The topological polar surface area (TPSA) is 59.0 Å². The van der Waals surface area contributed by atoms with Crippen LogP contribution in [0.1, 0.15) is 5.56 Å². The van der Waals surface area contributed by atoms with Crippen LogP contribution in [-0.2, 0) is 0 Å². The molecule has 0 atom stereocenters. The lowest BCUT2D eigenvalue weighted by Gasteiger charge is -2.10. The molecule has 3 nitrogen and oxygen atoms in total. The van der Waals surface area contributed by atoms with Crippen LogP contribution in [0.3, 0.4) is 0 Å². The molecule has 0 spiro atoms. The number of nitrogens with zero attached hydrogens (tertiary/aromatic N) is 1. The largest absolute Gasteiger partial charge is 0.455 e. The summed E-state index contributed by atoms with van der Waals surface area (Å²) in [6, 6.07) is 14.1. The number of para-hydroxylation sites is 1. The van der Waals surface area contributed by atoms with E-state index >= 15 is 0 Å². The molecule has 0 radical (unpaired) electrons. The maximum Gasteiger partial charge on any atom is 0.146 e. The first-order valence-electron chi connectivity index (χ1n) is 6.15. The SMILES string of the molecule is N#CC(=Cc1ccccc1Oc1ccc(Cl)cc1Cl)C(N)=S. The molecule has 0 saturated heterocycles. The van der Waals surface area contributed by atoms with E-state index < -0.39 is 0 Å². The van der Waals surface area contributed by atoms with Gasteiger partial charge in [0.05, 0.1) is 10.6 Å². The molecule has 2 rings (SSSR count). The van der Waals surface area contributed by atoms with Gasteiger partial charge in [0.1, 0.15) is 22.6 Å². The van der Waals surface area contributed by atoms with E-state index in [0.29, 0.717) is 27.1 Å². The third-order valence-electron chi connectivity index (χ3n) is 2.72. The summed E-state index contributed by atoms with van der Waals surface area (Å²) >= 11 is 16.8. The molecule has 0 fully saturated rings. The minimum Gasteiger partial charge on any atom is -0.455 e. The molecule has 0 aliphatic carbocycles. The van der Waals surface area contributed by atoms with Crippen molar-refractivity contribution in [3.8, 4) is 17.6 Å². The molecule has 2 aromatic rings. The Kier molecular flexibility index (Phi) is 5.40. The third kappa shape index (κ3) is 3.99. The van der Waals surface area contributed by atoms with Crippen LogP contribution < -0.4 is 10.5 Å². The molecule has 0 aliphatic heterocycles. The molecule has 2 N–H and O–H groups in total. The molecule has 110 valence electrons. The minimum atomic E-state index is 0.0295. The van der Waals surface area contributed by atoms with Gasteiger partial charge in [0.15, 0.2) is 0 Å². The van der Waals surface area contributed by atoms with Crippen LogP contribution >= 0.6 is 35.4 Å². The standard InChI is InChI=1S/C16H10Cl2N2OS/c17-12-5-6-15(13(18)8-12)21-14-4-2-1-3-10(14)7-11(9-19)16(20)22/h1-8H,(H2,20,22). The van der Waals surface area contributed by atoms with E-state index in [4.69, 9.17) is 51.2 Å².